The van der Waals surface area contributed by atoms with E-state index >= 15 is 0 Å². The normalized spacial score (nSPS) is 10.2. The first-order chi connectivity index (χ1) is 8.22. The van der Waals surface area contributed by atoms with Gasteiger partial charge in [0, 0.05) is 30.1 Å². The summed E-state index contributed by atoms with van der Waals surface area (Å²) in [4.78, 5) is 16.2. The fourth-order valence-corrected chi connectivity index (χ4v) is 1.65. The topological polar surface area (TPSA) is 56.0 Å². The molecule has 1 aromatic carbocycles. The van der Waals surface area contributed by atoms with Gasteiger partial charge in [0.15, 0.2) is 5.78 Å². The minimum Gasteiger partial charge on any atom is -0.326 e. The van der Waals surface area contributed by atoms with Gasteiger partial charge in [-0.1, -0.05) is 24.3 Å². The van der Waals surface area contributed by atoms with Gasteiger partial charge in [0.25, 0.3) is 0 Å². The molecule has 0 atom stereocenters. The lowest BCUT2D eigenvalue weighted by atomic mass is 10.0. The first-order valence-corrected chi connectivity index (χ1v) is 5.46. The van der Waals surface area contributed by atoms with Gasteiger partial charge in [-0.25, -0.2) is 0 Å². The highest BCUT2D eigenvalue weighted by Gasteiger charge is 2.11. The van der Waals surface area contributed by atoms with E-state index in [0.29, 0.717) is 17.7 Å². The number of hydrogen-bond acceptors (Lipinski definition) is 3. The number of pyridine rings is 1. The average molecular weight is 226 g/mol. The third-order valence-corrected chi connectivity index (χ3v) is 2.74. The Bertz CT molecular complexity index is 532. The summed E-state index contributed by atoms with van der Waals surface area (Å²) in [7, 11) is 0. The number of nitrogens with two attached hydrogens (primary N) is 1. The van der Waals surface area contributed by atoms with Crippen LogP contribution in [-0.2, 0) is 6.54 Å². The smallest absolute Gasteiger partial charge is 0.194 e. The first kappa shape index (κ1) is 11.5. The van der Waals surface area contributed by atoms with E-state index in [1.54, 1.807) is 24.5 Å². The van der Waals surface area contributed by atoms with Crippen molar-refractivity contribution in [3.8, 4) is 0 Å². The molecule has 86 valence electrons. The Balaban J connectivity index is 2.34. The third-order valence-electron chi connectivity index (χ3n) is 2.74. The second-order valence-electron chi connectivity index (χ2n) is 3.92. The standard InChI is InChI=1S/C14H14N2O/c1-10-6-7-16-9-13(10)14(17)12-4-2-11(8-15)3-5-12/h2-7,9H,8,15H2,1H3. The molecule has 2 rings (SSSR count). The Morgan fingerprint density at radius 1 is 1.24 bits per heavy atom. The minimum atomic E-state index is -0.000767. The van der Waals surface area contributed by atoms with Crippen LogP contribution in [0.15, 0.2) is 42.7 Å². The molecule has 17 heavy (non-hydrogen) atoms. The SMILES string of the molecule is Cc1ccncc1C(=O)c1ccc(CN)cc1. The van der Waals surface area contributed by atoms with Crippen molar-refractivity contribution in [3.05, 3.63) is 65.0 Å². The molecule has 0 unspecified atom stereocenters. The van der Waals surface area contributed by atoms with E-state index in [4.69, 9.17) is 5.73 Å². The van der Waals surface area contributed by atoms with Gasteiger partial charge in [0.1, 0.15) is 0 Å². The van der Waals surface area contributed by atoms with Gasteiger partial charge in [-0.3, -0.25) is 9.78 Å². The molecule has 0 aliphatic rings. The number of hydrogen-bond donors (Lipinski definition) is 1. The molecule has 0 aliphatic carbocycles. The molecule has 0 bridgehead atoms. The summed E-state index contributed by atoms with van der Waals surface area (Å²) in [5.41, 5.74) is 8.78. The van der Waals surface area contributed by atoms with Gasteiger partial charge in [-0.05, 0) is 24.1 Å². The summed E-state index contributed by atoms with van der Waals surface area (Å²) in [6.07, 6.45) is 3.29. The molecular formula is C14H14N2O. The van der Waals surface area contributed by atoms with Crippen LogP contribution in [-0.4, -0.2) is 10.8 Å². The maximum atomic E-state index is 12.2. The van der Waals surface area contributed by atoms with Crippen LogP contribution in [0, 0.1) is 6.92 Å². The van der Waals surface area contributed by atoms with E-state index in [9.17, 15) is 4.79 Å². The van der Waals surface area contributed by atoms with E-state index in [1.807, 2.05) is 25.1 Å². The van der Waals surface area contributed by atoms with Crippen molar-refractivity contribution < 1.29 is 4.79 Å². The Morgan fingerprint density at radius 2 is 1.94 bits per heavy atom. The second kappa shape index (κ2) is 4.89. The van der Waals surface area contributed by atoms with Crippen LogP contribution in [0.4, 0.5) is 0 Å². The lowest BCUT2D eigenvalue weighted by Crippen LogP contribution is -2.05. The summed E-state index contributed by atoms with van der Waals surface area (Å²) in [6, 6.07) is 9.19. The molecule has 0 saturated heterocycles. The maximum absolute atomic E-state index is 12.2. The molecule has 2 aromatic rings. The summed E-state index contributed by atoms with van der Waals surface area (Å²) < 4.78 is 0. The van der Waals surface area contributed by atoms with E-state index in [0.717, 1.165) is 11.1 Å². The number of carbonyl (C=O) groups excluding carboxylic acids is 1. The predicted molar refractivity (Wildman–Crippen MR) is 66.7 cm³/mol. The van der Waals surface area contributed by atoms with E-state index in [2.05, 4.69) is 4.98 Å². The van der Waals surface area contributed by atoms with Gasteiger partial charge in [0.2, 0.25) is 0 Å². The summed E-state index contributed by atoms with van der Waals surface area (Å²) in [6.45, 7) is 2.39. The van der Waals surface area contributed by atoms with E-state index in [-0.39, 0.29) is 5.78 Å². The zero-order valence-corrected chi connectivity index (χ0v) is 9.68. The fraction of sp³-hybridized carbons (Fsp3) is 0.143. The molecule has 0 radical (unpaired) electrons. The fourth-order valence-electron chi connectivity index (χ4n) is 1.65. The van der Waals surface area contributed by atoms with Crippen molar-refractivity contribution in [2.75, 3.05) is 0 Å². The van der Waals surface area contributed by atoms with Crippen LogP contribution in [0.5, 0.6) is 0 Å². The Labute approximate surface area is 100 Å². The van der Waals surface area contributed by atoms with Gasteiger partial charge in [-0.2, -0.15) is 0 Å². The largest absolute Gasteiger partial charge is 0.326 e. The molecule has 1 heterocycles. The number of nitrogens with zero attached hydrogens (tertiary/aromatic N) is 1. The molecule has 0 fully saturated rings. The van der Waals surface area contributed by atoms with Crippen molar-refractivity contribution in [1.29, 1.82) is 0 Å². The highest BCUT2D eigenvalue weighted by atomic mass is 16.1. The van der Waals surface area contributed by atoms with Crippen LogP contribution >= 0.6 is 0 Å². The molecule has 0 spiro atoms. The Kier molecular flexibility index (Phi) is 3.30. The van der Waals surface area contributed by atoms with Gasteiger partial charge < -0.3 is 5.73 Å². The molecule has 2 N–H and O–H groups in total. The molecule has 3 heteroatoms. The number of aryl methyl sites for hydroxylation is 1. The quantitative estimate of drug-likeness (QED) is 0.815. The molecule has 0 aliphatic heterocycles. The van der Waals surface area contributed by atoms with Gasteiger partial charge in [0.05, 0.1) is 0 Å². The highest BCUT2D eigenvalue weighted by molar-refractivity contribution is 6.09. The van der Waals surface area contributed by atoms with Crippen molar-refractivity contribution in [1.82, 2.24) is 4.98 Å². The summed E-state index contributed by atoms with van der Waals surface area (Å²) in [5, 5.41) is 0. The second-order valence-corrected chi connectivity index (χ2v) is 3.92. The number of aromatic nitrogens is 1. The van der Waals surface area contributed by atoms with Crippen molar-refractivity contribution >= 4 is 5.78 Å². The summed E-state index contributed by atoms with van der Waals surface area (Å²) >= 11 is 0. The van der Waals surface area contributed by atoms with Crippen molar-refractivity contribution in [3.63, 3.8) is 0 Å². The number of ketones is 1. The van der Waals surface area contributed by atoms with E-state index in [1.165, 1.54) is 0 Å². The van der Waals surface area contributed by atoms with Crippen LogP contribution in [0.3, 0.4) is 0 Å². The maximum Gasteiger partial charge on any atom is 0.194 e. The monoisotopic (exact) mass is 226 g/mol. The molecule has 3 nitrogen and oxygen atoms in total. The van der Waals surface area contributed by atoms with Crippen LogP contribution in [0.1, 0.15) is 27.0 Å². The summed E-state index contributed by atoms with van der Waals surface area (Å²) in [5.74, 6) is -0.000767. The molecule has 1 aromatic heterocycles. The zero-order chi connectivity index (χ0) is 12.3. The Hall–Kier alpha value is -2.00. The third kappa shape index (κ3) is 2.40. The van der Waals surface area contributed by atoms with Crippen molar-refractivity contribution in [2.24, 2.45) is 5.73 Å². The van der Waals surface area contributed by atoms with E-state index < -0.39 is 0 Å². The highest BCUT2D eigenvalue weighted by Crippen LogP contribution is 2.13. The zero-order valence-electron chi connectivity index (χ0n) is 9.68. The number of benzene rings is 1. The van der Waals surface area contributed by atoms with Crippen LogP contribution < -0.4 is 5.73 Å². The van der Waals surface area contributed by atoms with Gasteiger partial charge >= 0.3 is 0 Å². The molecule has 0 amide bonds. The Morgan fingerprint density at radius 3 is 2.53 bits per heavy atom. The first-order valence-electron chi connectivity index (χ1n) is 5.46. The van der Waals surface area contributed by atoms with Crippen LogP contribution in [0.2, 0.25) is 0 Å². The van der Waals surface area contributed by atoms with Crippen molar-refractivity contribution in [2.45, 2.75) is 13.5 Å². The lowest BCUT2D eigenvalue weighted by molar-refractivity contribution is 0.103. The average Bonchev–Trinajstić information content (AvgIpc) is 2.39. The predicted octanol–water partition coefficient (Wildman–Crippen LogP) is 2.08. The van der Waals surface area contributed by atoms with Crippen LogP contribution in [0.25, 0.3) is 0 Å². The molecule has 0 saturated carbocycles. The minimum absolute atomic E-state index is 0.000767. The number of carbonyl (C=O) groups is 1. The molecular weight excluding hydrogens is 212 g/mol. The lowest BCUT2D eigenvalue weighted by Gasteiger charge is -2.04. The van der Waals surface area contributed by atoms with Gasteiger partial charge in [-0.15, -0.1) is 0 Å². The number of rotatable bonds is 3.